The average molecular weight is 394 g/mol. The Morgan fingerprint density at radius 1 is 1.12 bits per heavy atom. The molecule has 0 saturated carbocycles. The minimum Gasteiger partial charge on any atom is -0.362 e. The first kappa shape index (κ1) is 25.0. The topological polar surface area (TPSA) is 108 Å². The Balaban J connectivity index is 0.000000920. The maximum Gasteiger partial charge on any atom is 0.235 e. The second-order valence-electron chi connectivity index (χ2n) is 6.93. The van der Waals surface area contributed by atoms with E-state index < -0.39 is 15.4 Å². The molecule has 8 nitrogen and oxygen atoms in total. The third-order valence-electron chi connectivity index (χ3n) is 3.42. The van der Waals surface area contributed by atoms with E-state index in [4.69, 9.17) is 4.74 Å². The summed E-state index contributed by atoms with van der Waals surface area (Å²) in [5, 5.41) is 4.21. The Morgan fingerprint density at radius 2 is 1.58 bits per heavy atom. The van der Waals surface area contributed by atoms with E-state index in [0.717, 1.165) is 5.92 Å². The van der Waals surface area contributed by atoms with Crippen molar-refractivity contribution in [2.24, 2.45) is 5.92 Å². The lowest BCUT2D eigenvalue weighted by atomic mass is 10.1. The lowest BCUT2D eigenvalue weighted by Crippen LogP contribution is -2.51. The molecule has 26 heavy (non-hydrogen) atoms. The highest BCUT2D eigenvalue weighted by Crippen LogP contribution is 2.26. The molecule has 0 bridgehead atoms. The molecule has 154 valence electrons. The van der Waals surface area contributed by atoms with E-state index in [2.05, 4.69) is 31.5 Å². The molecule has 0 spiro atoms. The molecule has 0 radical (unpaired) electrons. The summed E-state index contributed by atoms with van der Waals surface area (Å²) in [6.07, 6.45) is 0. The molecule has 2 heterocycles. The number of carbonyl (C=O) groups excluding carboxylic acids is 2. The van der Waals surface area contributed by atoms with Crippen LogP contribution in [0, 0.1) is 5.92 Å². The summed E-state index contributed by atoms with van der Waals surface area (Å²) in [6.45, 7) is 13.3. The standard InChI is InChI=1S/C11H19N3O5S.C4H10.C2H6/c1-11(8-19-11)9(15)6-12-10(16)7-13-14-2-4-20(17,18)5-3-14;1-4(2)3;1-2/h13H,2-8H2,1H3,(H,12,16);4H,1-3H3;1-2H3/t11-;;/m1../s1. The first-order valence-corrected chi connectivity index (χ1v) is 11.0. The summed E-state index contributed by atoms with van der Waals surface area (Å²) in [7, 11) is -2.93. The van der Waals surface area contributed by atoms with Gasteiger partial charge in [0.05, 0.1) is 31.2 Å². The van der Waals surface area contributed by atoms with E-state index in [1.165, 1.54) is 0 Å². The van der Waals surface area contributed by atoms with Gasteiger partial charge >= 0.3 is 0 Å². The summed E-state index contributed by atoms with van der Waals surface area (Å²) in [5.74, 6) is 0.567. The molecule has 0 aromatic rings. The number of ketones is 1. The van der Waals surface area contributed by atoms with Crippen molar-refractivity contribution in [3.8, 4) is 0 Å². The number of carbonyl (C=O) groups is 2. The lowest BCUT2D eigenvalue weighted by molar-refractivity contribution is -0.127. The molecule has 2 aliphatic rings. The molecule has 2 saturated heterocycles. The third-order valence-corrected chi connectivity index (χ3v) is 5.03. The zero-order chi connectivity index (χ0) is 20.4. The summed E-state index contributed by atoms with van der Waals surface area (Å²) >= 11 is 0. The van der Waals surface area contributed by atoms with Crippen LogP contribution in [0.2, 0.25) is 0 Å². The average Bonchev–Trinajstić information content (AvgIpc) is 3.32. The van der Waals surface area contributed by atoms with Crippen LogP contribution >= 0.6 is 0 Å². The molecular formula is C17H35N3O5S. The molecule has 0 aromatic heterocycles. The van der Waals surface area contributed by atoms with E-state index in [-0.39, 0.29) is 36.3 Å². The summed E-state index contributed by atoms with van der Waals surface area (Å²) in [4.78, 5) is 23.1. The van der Waals surface area contributed by atoms with E-state index in [9.17, 15) is 18.0 Å². The highest BCUT2D eigenvalue weighted by Gasteiger charge is 2.46. The van der Waals surface area contributed by atoms with Gasteiger partial charge in [-0.2, -0.15) is 0 Å². The van der Waals surface area contributed by atoms with E-state index in [1.807, 2.05) is 13.8 Å². The van der Waals surface area contributed by atoms with Crippen molar-refractivity contribution in [3.05, 3.63) is 0 Å². The third kappa shape index (κ3) is 10.8. The monoisotopic (exact) mass is 393 g/mol. The SMILES string of the molecule is CC.CC(C)C.C[C@]1(C(=O)CNC(=O)CNN2CCS(=O)(=O)CC2)CO1. The van der Waals surface area contributed by atoms with Crippen LogP contribution in [0.15, 0.2) is 0 Å². The van der Waals surface area contributed by atoms with Gasteiger partial charge in [-0.3, -0.25) is 9.59 Å². The molecular weight excluding hydrogens is 358 g/mol. The highest BCUT2D eigenvalue weighted by molar-refractivity contribution is 7.91. The van der Waals surface area contributed by atoms with E-state index in [1.54, 1.807) is 11.9 Å². The van der Waals surface area contributed by atoms with Crippen LogP contribution in [-0.4, -0.2) is 75.0 Å². The number of rotatable bonds is 6. The Morgan fingerprint density at radius 3 is 2.00 bits per heavy atom. The first-order chi connectivity index (χ1) is 12.0. The molecule has 2 N–H and O–H groups in total. The minimum absolute atomic E-state index is 0.0187. The Kier molecular flexibility index (Phi) is 11.2. The normalized spacial score (nSPS) is 23.8. The van der Waals surface area contributed by atoms with Crippen molar-refractivity contribution < 1.29 is 22.7 Å². The Labute approximate surface area is 157 Å². The summed E-state index contributed by atoms with van der Waals surface area (Å²) in [6, 6.07) is 0. The lowest BCUT2D eigenvalue weighted by Gasteiger charge is -2.26. The molecule has 2 aliphatic heterocycles. The molecule has 0 aromatic carbocycles. The highest BCUT2D eigenvalue weighted by atomic mass is 32.2. The van der Waals surface area contributed by atoms with E-state index in [0.29, 0.717) is 19.7 Å². The quantitative estimate of drug-likeness (QED) is 0.628. The number of hydrogen-bond acceptors (Lipinski definition) is 7. The number of hydrazine groups is 1. The van der Waals surface area contributed by atoms with Crippen molar-refractivity contribution in [1.29, 1.82) is 0 Å². The molecule has 2 rings (SSSR count). The van der Waals surface area contributed by atoms with Crippen molar-refractivity contribution in [1.82, 2.24) is 15.8 Å². The van der Waals surface area contributed by atoms with Gasteiger partial charge in [-0.05, 0) is 12.8 Å². The molecule has 9 heteroatoms. The second-order valence-corrected chi connectivity index (χ2v) is 9.23. The molecule has 2 fully saturated rings. The summed E-state index contributed by atoms with van der Waals surface area (Å²) in [5.41, 5.74) is 2.13. The second kappa shape index (κ2) is 11.6. The number of ether oxygens (including phenoxy) is 1. The maximum absolute atomic E-state index is 11.6. The number of nitrogens with zero attached hydrogens (tertiary/aromatic N) is 1. The predicted molar refractivity (Wildman–Crippen MR) is 102 cm³/mol. The first-order valence-electron chi connectivity index (χ1n) is 9.17. The van der Waals surface area contributed by atoms with Crippen LogP contribution in [0.3, 0.4) is 0 Å². The molecule has 0 aliphatic carbocycles. The number of amides is 1. The molecule has 1 atom stereocenters. The zero-order valence-corrected chi connectivity index (χ0v) is 17.7. The van der Waals surface area contributed by atoms with Gasteiger partial charge in [0.2, 0.25) is 5.91 Å². The van der Waals surface area contributed by atoms with Crippen LogP contribution in [0.5, 0.6) is 0 Å². The van der Waals surface area contributed by atoms with Crippen molar-refractivity contribution in [2.45, 2.75) is 47.1 Å². The maximum atomic E-state index is 11.6. The van der Waals surface area contributed by atoms with Gasteiger partial charge in [0.15, 0.2) is 15.6 Å². The summed E-state index contributed by atoms with van der Waals surface area (Å²) < 4.78 is 27.4. The number of Topliss-reactive ketones (excluding diaryl/α,β-unsaturated/α-hetero) is 1. The fourth-order valence-corrected chi connectivity index (χ4v) is 2.95. The van der Waals surface area contributed by atoms with E-state index >= 15 is 0 Å². The minimum atomic E-state index is -2.93. The van der Waals surface area contributed by atoms with Gasteiger partial charge in [-0.1, -0.05) is 34.6 Å². The smallest absolute Gasteiger partial charge is 0.235 e. The largest absolute Gasteiger partial charge is 0.362 e. The van der Waals surface area contributed by atoms with Crippen LogP contribution < -0.4 is 10.7 Å². The van der Waals surface area contributed by atoms with Gasteiger partial charge in [0.1, 0.15) is 5.60 Å². The van der Waals surface area contributed by atoms with Crippen LogP contribution in [0.25, 0.3) is 0 Å². The van der Waals surface area contributed by atoms with Crippen LogP contribution in [-0.2, 0) is 24.2 Å². The van der Waals surface area contributed by atoms with Gasteiger partial charge in [-0.25, -0.2) is 18.9 Å². The van der Waals surface area contributed by atoms with Gasteiger partial charge < -0.3 is 10.1 Å². The molecule has 1 amide bonds. The Hall–Kier alpha value is -1.03. The predicted octanol–water partition coefficient (Wildman–Crippen LogP) is 0.384. The van der Waals surface area contributed by atoms with Crippen LogP contribution in [0.4, 0.5) is 0 Å². The van der Waals surface area contributed by atoms with Crippen LogP contribution in [0.1, 0.15) is 41.5 Å². The van der Waals surface area contributed by atoms with Crippen molar-refractivity contribution in [3.63, 3.8) is 0 Å². The van der Waals surface area contributed by atoms with Gasteiger partial charge in [0.25, 0.3) is 0 Å². The fraction of sp³-hybridized carbons (Fsp3) is 0.882. The molecule has 0 unspecified atom stereocenters. The fourth-order valence-electron chi connectivity index (χ4n) is 1.75. The van der Waals surface area contributed by atoms with Crippen molar-refractivity contribution in [2.75, 3.05) is 44.3 Å². The number of hydrogen-bond donors (Lipinski definition) is 2. The van der Waals surface area contributed by atoms with Gasteiger partial charge in [0, 0.05) is 13.1 Å². The Bertz CT molecular complexity index is 528. The van der Waals surface area contributed by atoms with Crippen molar-refractivity contribution >= 4 is 21.5 Å². The van der Waals surface area contributed by atoms with Gasteiger partial charge in [-0.15, -0.1) is 0 Å². The number of sulfone groups is 1. The zero-order valence-electron chi connectivity index (χ0n) is 16.9. The number of epoxide rings is 1. The number of nitrogens with one attached hydrogen (secondary N) is 2.